The molecule has 1 N–H and O–H groups in total. The Labute approximate surface area is 85.2 Å². The maximum Gasteiger partial charge on any atom is 0.374 e. The molecule has 2 heterocycles. The van der Waals surface area contributed by atoms with Crippen LogP contribution in [0.2, 0.25) is 0 Å². The highest BCUT2D eigenvalue weighted by atomic mass is 16.4. The summed E-state index contributed by atoms with van der Waals surface area (Å²) in [7, 11) is 0. The van der Waals surface area contributed by atoms with Crippen molar-refractivity contribution < 1.29 is 9.90 Å². The van der Waals surface area contributed by atoms with E-state index in [1.807, 2.05) is 13.0 Å². The summed E-state index contributed by atoms with van der Waals surface area (Å²) in [5.41, 5.74) is 0.838. The molecule has 0 amide bonds. The highest BCUT2D eigenvalue weighted by molar-refractivity contribution is 5.83. The molecule has 76 valence electrons. The Bertz CT molecular complexity index is 506. The van der Waals surface area contributed by atoms with Crippen LogP contribution in [-0.2, 0) is 0 Å². The van der Waals surface area contributed by atoms with E-state index in [9.17, 15) is 4.79 Å². The first-order valence-electron chi connectivity index (χ1n) is 4.26. The summed E-state index contributed by atoms with van der Waals surface area (Å²) < 4.78 is 1.50. The van der Waals surface area contributed by atoms with Gasteiger partial charge in [0.05, 0.1) is 5.69 Å². The lowest BCUT2D eigenvalue weighted by Gasteiger charge is -1.99. The fourth-order valence-corrected chi connectivity index (χ4v) is 1.12. The molecule has 6 nitrogen and oxygen atoms in total. The number of nitrogens with zero attached hydrogens (tertiary/aromatic N) is 4. The highest BCUT2D eigenvalue weighted by Crippen LogP contribution is 2.03. The van der Waals surface area contributed by atoms with Crippen LogP contribution in [0.25, 0.3) is 5.82 Å². The molecule has 0 bridgehead atoms. The quantitative estimate of drug-likeness (QED) is 0.777. The van der Waals surface area contributed by atoms with E-state index in [4.69, 9.17) is 5.11 Å². The topological polar surface area (TPSA) is 80.9 Å². The van der Waals surface area contributed by atoms with Crippen LogP contribution in [0, 0.1) is 6.92 Å². The first-order chi connectivity index (χ1) is 7.16. The number of hydrogen-bond donors (Lipinski definition) is 1. The van der Waals surface area contributed by atoms with E-state index in [1.54, 1.807) is 12.3 Å². The predicted molar refractivity (Wildman–Crippen MR) is 50.9 cm³/mol. The summed E-state index contributed by atoms with van der Waals surface area (Å²) in [4.78, 5) is 18.1. The molecule has 0 fully saturated rings. The molecule has 0 saturated heterocycles. The first kappa shape index (κ1) is 9.32. The van der Waals surface area contributed by atoms with E-state index in [0.29, 0.717) is 5.82 Å². The van der Waals surface area contributed by atoms with Crippen molar-refractivity contribution in [1.82, 2.24) is 19.7 Å². The van der Waals surface area contributed by atoms with Gasteiger partial charge in [0.15, 0.2) is 5.82 Å². The summed E-state index contributed by atoms with van der Waals surface area (Å²) in [5.74, 6) is -0.947. The molecule has 0 radical (unpaired) electrons. The minimum atomic E-state index is -1.15. The van der Waals surface area contributed by atoms with Crippen LogP contribution >= 0.6 is 0 Å². The first-order valence-corrected chi connectivity index (χ1v) is 4.26. The Hall–Kier alpha value is -2.24. The highest BCUT2D eigenvalue weighted by Gasteiger charge is 2.08. The molecule has 2 aromatic heterocycles. The second kappa shape index (κ2) is 3.49. The summed E-state index contributed by atoms with van der Waals surface area (Å²) in [6.07, 6.45) is 3.10. The molecule has 2 rings (SSSR count). The van der Waals surface area contributed by atoms with Crippen LogP contribution in [0.5, 0.6) is 0 Å². The summed E-state index contributed by atoms with van der Waals surface area (Å²) >= 11 is 0. The number of carbonyl (C=O) groups is 1. The number of aromatic nitrogens is 4. The minimum absolute atomic E-state index is 0.236. The van der Waals surface area contributed by atoms with Crippen molar-refractivity contribution in [2.45, 2.75) is 6.92 Å². The molecule has 2 aromatic rings. The average molecular weight is 204 g/mol. The zero-order chi connectivity index (χ0) is 10.8. The van der Waals surface area contributed by atoms with Crippen molar-refractivity contribution in [3.05, 3.63) is 36.0 Å². The Balaban J connectivity index is 2.45. The minimum Gasteiger partial charge on any atom is -0.475 e. The van der Waals surface area contributed by atoms with E-state index in [2.05, 4.69) is 15.1 Å². The van der Waals surface area contributed by atoms with Gasteiger partial charge < -0.3 is 5.11 Å². The third kappa shape index (κ3) is 1.83. The molecule has 15 heavy (non-hydrogen) atoms. The van der Waals surface area contributed by atoms with Gasteiger partial charge >= 0.3 is 5.97 Å². The molecule has 0 aliphatic rings. The zero-order valence-corrected chi connectivity index (χ0v) is 7.95. The van der Waals surface area contributed by atoms with Gasteiger partial charge in [-0.2, -0.15) is 5.10 Å². The third-order valence-corrected chi connectivity index (χ3v) is 1.79. The molecule has 0 unspecified atom stereocenters. The van der Waals surface area contributed by atoms with Gasteiger partial charge in [0.25, 0.3) is 0 Å². The number of hydrogen-bond acceptors (Lipinski definition) is 4. The predicted octanol–water partition coefficient (Wildman–Crippen LogP) is 0.669. The van der Waals surface area contributed by atoms with E-state index < -0.39 is 5.97 Å². The third-order valence-electron chi connectivity index (χ3n) is 1.79. The number of rotatable bonds is 2. The van der Waals surface area contributed by atoms with Gasteiger partial charge in [-0.15, -0.1) is 0 Å². The Kier molecular flexibility index (Phi) is 2.17. The van der Waals surface area contributed by atoms with Crippen LogP contribution in [0.1, 0.15) is 16.3 Å². The summed E-state index contributed by atoms with van der Waals surface area (Å²) in [6.45, 7) is 1.84. The lowest BCUT2D eigenvalue weighted by molar-refractivity contribution is 0.0683. The molecule has 0 aromatic carbocycles. The second-order valence-corrected chi connectivity index (χ2v) is 2.95. The maximum absolute atomic E-state index is 10.6. The lowest BCUT2D eigenvalue weighted by Crippen LogP contribution is -2.07. The van der Waals surface area contributed by atoms with Crippen molar-refractivity contribution >= 4 is 5.97 Å². The van der Waals surface area contributed by atoms with Gasteiger partial charge in [-0.05, 0) is 13.0 Å². The van der Waals surface area contributed by atoms with Crippen LogP contribution in [-0.4, -0.2) is 30.8 Å². The van der Waals surface area contributed by atoms with Gasteiger partial charge in [0.2, 0.25) is 5.82 Å². The van der Waals surface area contributed by atoms with Crippen molar-refractivity contribution in [3.63, 3.8) is 0 Å². The largest absolute Gasteiger partial charge is 0.475 e. The van der Waals surface area contributed by atoms with E-state index >= 15 is 0 Å². The normalized spacial score (nSPS) is 10.2. The Morgan fingerprint density at radius 3 is 2.87 bits per heavy atom. The van der Waals surface area contributed by atoms with Gasteiger partial charge in [0, 0.05) is 18.5 Å². The van der Waals surface area contributed by atoms with Crippen molar-refractivity contribution in [1.29, 1.82) is 0 Å². The fourth-order valence-electron chi connectivity index (χ4n) is 1.12. The van der Waals surface area contributed by atoms with E-state index in [1.165, 1.54) is 10.9 Å². The van der Waals surface area contributed by atoms with Gasteiger partial charge in [-0.25, -0.2) is 19.4 Å². The molecule has 0 spiro atoms. The molecule has 6 heteroatoms. The van der Waals surface area contributed by atoms with Crippen LogP contribution in [0.4, 0.5) is 0 Å². The number of aryl methyl sites for hydroxylation is 1. The van der Waals surface area contributed by atoms with Gasteiger partial charge in [-0.1, -0.05) is 0 Å². The summed E-state index contributed by atoms with van der Waals surface area (Å²) in [5, 5.41) is 12.8. The average Bonchev–Trinajstić information content (AvgIpc) is 2.65. The standard InChI is InChI=1S/C9H8N4O2/c1-6-3-5-13(12-6)7-2-4-10-8(11-7)9(14)15/h2-5H,1H3,(H,14,15). The van der Waals surface area contributed by atoms with Crippen LogP contribution < -0.4 is 0 Å². The van der Waals surface area contributed by atoms with Gasteiger partial charge in [0.1, 0.15) is 0 Å². The molecule has 0 aliphatic carbocycles. The lowest BCUT2D eigenvalue weighted by atomic mass is 10.5. The Morgan fingerprint density at radius 2 is 2.27 bits per heavy atom. The molecule has 0 aliphatic heterocycles. The molecule has 0 saturated carbocycles. The number of aromatic carboxylic acids is 1. The van der Waals surface area contributed by atoms with E-state index in [0.717, 1.165) is 5.69 Å². The maximum atomic E-state index is 10.6. The molecular weight excluding hydrogens is 196 g/mol. The van der Waals surface area contributed by atoms with Crippen molar-refractivity contribution in [2.75, 3.05) is 0 Å². The fraction of sp³-hybridized carbons (Fsp3) is 0.111. The van der Waals surface area contributed by atoms with E-state index in [-0.39, 0.29) is 5.82 Å². The number of carboxylic acid groups (broad SMARTS) is 1. The number of carboxylic acids is 1. The smallest absolute Gasteiger partial charge is 0.374 e. The van der Waals surface area contributed by atoms with Crippen LogP contribution in [0.15, 0.2) is 24.5 Å². The van der Waals surface area contributed by atoms with Crippen molar-refractivity contribution in [3.8, 4) is 5.82 Å². The second-order valence-electron chi connectivity index (χ2n) is 2.95. The SMILES string of the molecule is Cc1ccn(-c2ccnc(C(=O)O)n2)n1. The van der Waals surface area contributed by atoms with Crippen LogP contribution in [0.3, 0.4) is 0 Å². The summed E-state index contributed by atoms with van der Waals surface area (Å²) in [6, 6.07) is 3.40. The molecule has 0 atom stereocenters. The van der Waals surface area contributed by atoms with Gasteiger partial charge in [-0.3, -0.25) is 0 Å². The monoisotopic (exact) mass is 204 g/mol. The Morgan fingerprint density at radius 1 is 1.47 bits per heavy atom. The zero-order valence-electron chi connectivity index (χ0n) is 7.95. The van der Waals surface area contributed by atoms with Crippen molar-refractivity contribution in [2.24, 2.45) is 0 Å². The molecular formula is C9H8N4O2.